The van der Waals surface area contributed by atoms with Crippen LogP contribution in [0.5, 0.6) is 5.88 Å². The molecular weight excluding hydrogens is 259 g/mol. The van der Waals surface area contributed by atoms with E-state index in [0.29, 0.717) is 18.4 Å². The fourth-order valence-corrected chi connectivity index (χ4v) is 1.50. The number of halogens is 1. The molecule has 5 nitrogen and oxygen atoms in total. The smallest absolute Gasteiger partial charge is 0.223 e. The first-order valence-electron chi connectivity index (χ1n) is 6.50. The Labute approximate surface area is 117 Å². The number of pyridine rings is 1. The number of anilines is 1. The van der Waals surface area contributed by atoms with Gasteiger partial charge in [0.1, 0.15) is 0 Å². The number of hydrogen-bond acceptors (Lipinski definition) is 5. The van der Waals surface area contributed by atoms with Crippen molar-refractivity contribution in [1.82, 2.24) is 15.0 Å². The van der Waals surface area contributed by atoms with E-state index in [0.717, 1.165) is 24.4 Å². The first kappa shape index (κ1) is 14.2. The zero-order valence-electron chi connectivity index (χ0n) is 11.5. The second-order valence-corrected chi connectivity index (χ2v) is 4.42. The van der Waals surface area contributed by atoms with Gasteiger partial charge in [0.15, 0.2) is 5.82 Å². The van der Waals surface area contributed by atoms with E-state index in [4.69, 9.17) is 4.74 Å². The van der Waals surface area contributed by atoms with Gasteiger partial charge in [-0.2, -0.15) is 0 Å². The van der Waals surface area contributed by atoms with Crippen LogP contribution in [0.25, 0.3) is 0 Å². The zero-order valence-corrected chi connectivity index (χ0v) is 11.5. The second kappa shape index (κ2) is 6.79. The van der Waals surface area contributed by atoms with Crippen LogP contribution in [0.15, 0.2) is 30.7 Å². The molecule has 106 valence electrons. The molecular formula is C14H17FN4O. The van der Waals surface area contributed by atoms with Gasteiger partial charge >= 0.3 is 0 Å². The van der Waals surface area contributed by atoms with Crippen LogP contribution in [-0.4, -0.2) is 21.1 Å². The molecule has 0 saturated heterocycles. The van der Waals surface area contributed by atoms with E-state index >= 15 is 0 Å². The SMILES string of the molecule is CC[C@@H](C)Oc1cc(CNc2ncc(F)cn2)ccn1. The highest BCUT2D eigenvalue weighted by atomic mass is 19.1. The highest BCUT2D eigenvalue weighted by molar-refractivity contribution is 5.28. The third-order valence-corrected chi connectivity index (χ3v) is 2.77. The van der Waals surface area contributed by atoms with Gasteiger partial charge in [-0.25, -0.2) is 19.3 Å². The summed E-state index contributed by atoms with van der Waals surface area (Å²) < 4.78 is 18.3. The standard InChI is InChI=1S/C14H17FN4O/c1-3-10(2)20-13-6-11(4-5-16-13)7-17-14-18-8-12(15)9-19-14/h4-6,8-10H,3,7H2,1-2H3,(H,17,18,19)/t10-/m1/s1. The molecule has 0 fully saturated rings. The van der Waals surface area contributed by atoms with Crippen LogP contribution in [0.3, 0.4) is 0 Å². The fourth-order valence-electron chi connectivity index (χ4n) is 1.50. The molecule has 20 heavy (non-hydrogen) atoms. The van der Waals surface area contributed by atoms with E-state index in [1.165, 1.54) is 0 Å². The Morgan fingerprint density at radius 1 is 1.30 bits per heavy atom. The molecule has 0 bridgehead atoms. The summed E-state index contributed by atoms with van der Waals surface area (Å²) in [7, 11) is 0. The summed E-state index contributed by atoms with van der Waals surface area (Å²) in [5.74, 6) is 0.523. The van der Waals surface area contributed by atoms with Crippen molar-refractivity contribution in [2.45, 2.75) is 32.9 Å². The molecule has 0 spiro atoms. The highest BCUT2D eigenvalue weighted by Gasteiger charge is 2.04. The van der Waals surface area contributed by atoms with Crippen molar-refractivity contribution in [1.29, 1.82) is 0 Å². The lowest BCUT2D eigenvalue weighted by atomic mass is 10.2. The molecule has 0 amide bonds. The molecule has 2 aromatic heterocycles. The van der Waals surface area contributed by atoms with Crippen molar-refractivity contribution in [3.05, 3.63) is 42.1 Å². The van der Waals surface area contributed by atoms with Gasteiger partial charge < -0.3 is 10.1 Å². The largest absolute Gasteiger partial charge is 0.475 e. The van der Waals surface area contributed by atoms with Gasteiger partial charge in [-0.15, -0.1) is 0 Å². The Kier molecular flexibility index (Phi) is 4.81. The van der Waals surface area contributed by atoms with E-state index in [1.807, 2.05) is 19.1 Å². The Morgan fingerprint density at radius 3 is 2.75 bits per heavy atom. The lowest BCUT2D eigenvalue weighted by Gasteiger charge is -2.12. The molecule has 0 aromatic carbocycles. The lowest BCUT2D eigenvalue weighted by Crippen LogP contribution is -2.11. The molecule has 2 aromatic rings. The van der Waals surface area contributed by atoms with Crippen LogP contribution < -0.4 is 10.1 Å². The van der Waals surface area contributed by atoms with Gasteiger partial charge in [0.25, 0.3) is 0 Å². The highest BCUT2D eigenvalue weighted by Crippen LogP contribution is 2.13. The molecule has 0 aliphatic heterocycles. The Morgan fingerprint density at radius 2 is 2.05 bits per heavy atom. The van der Waals surface area contributed by atoms with Gasteiger partial charge in [-0.3, -0.25) is 0 Å². The predicted molar refractivity (Wildman–Crippen MR) is 73.9 cm³/mol. The second-order valence-electron chi connectivity index (χ2n) is 4.42. The average molecular weight is 276 g/mol. The first-order valence-corrected chi connectivity index (χ1v) is 6.50. The summed E-state index contributed by atoms with van der Waals surface area (Å²) >= 11 is 0. The maximum absolute atomic E-state index is 12.7. The number of nitrogens with one attached hydrogen (secondary N) is 1. The number of nitrogens with zero attached hydrogens (tertiary/aromatic N) is 3. The van der Waals surface area contributed by atoms with Crippen molar-refractivity contribution in [3.8, 4) is 5.88 Å². The third-order valence-electron chi connectivity index (χ3n) is 2.77. The predicted octanol–water partition coefficient (Wildman–Crippen LogP) is 2.80. The van der Waals surface area contributed by atoms with Crippen molar-refractivity contribution >= 4 is 5.95 Å². The van der Waals surface area contributed by atoms with Gasteiger partial charge in [-0.1, -0.05) is 6.92 Å². The summed E-state index contributed by atoms with van der Waals surface area (Å²) in [5, 5.41) is 3.01. The molecule has 6 heteroatoms. The summed E-state index contributed by atoms with van der Waals surface area (Å²) in [6.45, 7) is 4.58. The number of ether oxygens (including phenoxy) is 1. The molecule has 0 aliphatic rings. The number of rotatable bonds is 6. The third kappa shape index (κ3) is 4.15. The van der Waals surface area contributed by atoms with Crippen molar-refractivity contribution in [3.63, 3.8) is 0 Å². The molecule has 1 N–H and O–H groups in total. The van der Waals surface area contributed by atoms with E-state index in [9.17, 15) is 4.39 Å². The van der Waals surface area contributed by atoms with Crippen LogP contribution in [0.4, 0.5) is 10.3 Å². The fraction of sp³-hybridized carbons (Fsp3) is 0.357. The molecule has 2 rings (SSSR count). The van der Waals surface area contributed by atoms with Crippen LogP contribution in [0.2, 0.25) is 0 Å². The van der Waals surface area contributed by atoms with Gasteiger partial charge in [-0.05, 0) is 25.0 Å². The van der Waals surface area contributed by atoms with E-state index in [-0.39, 0.29) is 6.10 Å². The van der Waals surface area contributed by atoms with Crippen LogP contribution in [0.1, 0.15) is 25.8 Å². The monoisotopic (exact) mass is 276 g/mol. The molecule has 0 unspecified atom stereocenters. The molecule has 0 radical (unpaired) electrons. The average Bonchev–Trinajstić information content (AvgIpc) is 2.47. The molecule has 0 aliphatic carbocycles. The molecule has 0 saturated carbocycles. The van der Waals surface area contributed by atoms with Gasteiger partial charge in [0.2, 0.25) is 11.8 Å². The quantitative estimate of drug-likeness (QED) is 0.879. The summed E-state index contributed by atoms with van der Waals surface area (Å²) in [5.41, 5.74) is 0.992. The Hall–Kier alpha value is -2.24. The van der Waals surface area contributed by atoms with E-state index in [2.05, 4.69) is 27.2 Å². The Bertz CT molecular complexity index is 547. The van der Waals surface area contributed by atoms with Gasteiger partial charge in [0.05, 0.1) is 18.5 Å². The van der Waals surface area contributed by atoms with Crippen LogP contribution in [0, 0.1) is 5.82 Å². The molecule has 1 atom stereocenters. The van der Waals surface area contributed by atoms with E-state index < -0.39 is 5.82 Å². The minimum Gasteiger partial charge on any atom is -0.475 e. The number of aromatic nitrogens is 3. The lowest BCUT2D eigenvalue weighted by molar-refractivity contribution is 0.208. The van der Waals surface area contributed by atoms with Crippen molar-refractivity contribution in [2.24, 2.45) is 0 Å². The zero-order chi connectivity index (χ0) is 14.4. The summed E-state index contributed by atoms with van der Waals surface area (Å²) in [4.78, 5) is 11.8. The van der Waals surface area contributed by atoms with Crippen LogP contribution in [-0.2, 0) is 6.54 Å². The minimum absolute atomic E-state index is 0.131. The van der Waals surface area contributed by atoms with Crippen molar-refractivity contribution in [2.75, 3.05) is 5.32 Å². The maximum Gasteiger partial charge on any atom is 0.223 e. The summed E-state index contributed by atoms with van der Waals surface area (Å²) in [6, 6.07) is 3.74. The normalized spacial score (nSPS) is 11.9. The number of hydrogen-bond donors (Lipinski definition) is 1. The first-order chi connectivity index (χ1) is 9.67. The van der Waals surface area contributed by atoms with E-state index in [1.54, 1.807) is 6.20 Å². The molecule has 2 heterocycles. The topological polar surface area (TPSA) is 59.9 Å². The van der Waals surface area contributed by atoms with Gasteiger partial charge in [0, 0.05) is 18.8 Å². The van der Waals surface area contributed by atoms with Crippen LogP contribution >= 0.6 is 0 Å². The maximum atomic E-state index is 12.7. The Balaban J connectivity index is 1.95. The summed E-state index contributed by atoms with van der Waals surface area (Å²) in [6.07, 6.45) is 5.00. The van der Waals surface area contributed by atoms with Crippen molar-refractivity contribution < 1.29 is 9.13 Å². The minimum atomic E-state index is -0.455.